The Morgan fingerprint density at radius 2 is 2.11 bits per heavy atom. The maximum atomic E-state index is 13.1. The maximum absolute atomic E-state index is 13.1. The van der Waals surface area contributed by atoms with Crippen LogP contribution in [0.5, 0.6) is 0 Å². The molecule has 0 unspecified atom stereocenters. The second kappa shape index (κ2) is 7.20. The molecule has 1 aromatic heterocycles. The van der Waals surface area contributed by atoms with Gasteiger partial charge in [0.25, 0.3) is 0 Å². The molecule has 2 atom stereocenters. The summed E-state index contributed by atoms with van der Waals surface area (Å²) in [7, 11) is 1.53. The number of carbonyl (C=O) groups is 2. The fourth-order valence-electron chi connectivity index (χ4n) is 4.27. The molecule has 2 fully saturated rings. The van der Waals surface area contributed by atoms with Crippen molar-refractivity contribution in [3.8, 4) is 0 Å². The number of pyridine rings is 1. The molecule has 2 amide bonds. The zero-order chi connectivity index (χ0) is 19.8. The van der Waals surface area contributed by atoms with Crippen molar-refractivity contribution in [3.63, 3.8) is 0 Å². The molecule has 8 nitrogen and oxygen atoms in total. The number of amides is 2. The SMILES string of the molecule is CN(C)C(=O)[C@]12CCS(=O)(=O)N(C)[C@@H]1CCN(C(=O)Cc1cccnc1)C2. The average Bonchev–Trinajstić information content (AvgIpc) is 2.65. The summed E-state index contributed by atoms with van der Waals surface area (Å²) in [5.74, 6) is -0.263. The highest BCUT2D eigenvalue weighted by molar-refractivity contribution is 7.89. The van der Waals surface area contributed by atoms with Crippen LogP contribution in [-0.4, -0.2) is 85.3 Å². The predicted octanol–water partition coefficient (Wildman–Crippen LogP) is -0.0351. The van der Waals surface area contributed by atoms with Crippen LogP contribution in [-0.2, 0) is 26.0 Å². The lowest BCUT2D eigenvalue weighted by atomic mass is 9.72. The van der Waals surface area contributed by atoms with E-state index in [9.17, 15) is 18.0 Å². The Morgan fingerprint density at radius 1 is 1.37 bits per heavy atom. The normalized spacial score (nSPS) is 27.7. The smallest absolute Gasteiger partial charge is 0.231 e. The lowest BCUT2D eigenvalue weighted by Gasteiger charge is -2.53. The summed E-state index contributed by atoms with van der Waals surface area (Å²) in [4.78, 5) is 33.2. The number of hydrogen-bond acceptors (Lipinski definition) is 5. The van der Waals surface area contributed by atoms with Crippen molar-refractivity contribution < 1.29 is 18.0 Å². The van der Waals surface area contributed by atoms with Crippen LogP contribution in [0.3, 0.4) is 0 Å². The van der Waals surface area contributed by atoms with Gasteiger partial charge in [0.1, 0.15) is 0 Å². The molecule has 9 heteroatoms. The topological polar surface area (TPSA) is 90.9 Å². The summed E-state index contributed by atoms with van der Waals surface area (Å²) in [5, 5.41) is 0. The van der Waals surface area contributed by atoms with Gasteiger partial charge in [-0.25, -0.2) is 12.7 Å². The summed E-state index contributed by atoms with van der Waals surface area (Å²) in [6.45, 7) is 0.680. The number of piperidine rings is 1. The fraction of sp³-hybridized carbons (Fsp3) is 0.611. The van der Waals surface area contributed by atoms with Gasteiger partial charge in [0.2, 0.25) is 21.8 Å². The van der Waals surface area contributed by atoms with E-state index in [0.717, 1.165) is 5.56 Å². The summed E-state index contributed by atoms with van der Waals surface area (Å²) in [6.07, 6.45) is 4.22. The Labute approximate surface area is 160 Å². The third-order valence-corrected chi connectivity index (χ3v) is 7.58. The van der Waals surface area contributed by atoms with Crippen molar-refractivity contribution in [2.75, 3.05) is 40.0 Å². The molecule has 0 bridgehead atoms. The number of likely N-dealkylation sites (tertiary alicyclic amines) is 1. The number of fused-ring (bicyclic) bond motifs is 1. The first-order valence-electron chi connectivity index (χ1n) is 9.01. The number of nitrogens with zero attached hydrogens (tertiary/aromatic N) is 4. The molecule has 1 aromatic rings. The van der Waals surface area contributed by atoms with Crippen LogP contribution in [0.1, 0.15) is 18.4 Å². The van der Waals surface area contributed by atoms with Crippen LogP contribution in [0.2, 0.25) is 0 Å². The first kappa shape index (κ1) is 19.8. The van der Waals surface area contributed by atoms with Crippen LogP contribution >= 0.6 is 0 Å². The third-order valence-electron chi connectivity index (χ3n) is 5.73. The van der Waals surface area contributed by atoms with Gasteiger partial charge in [-0.05, 0) is 24.5 Å². The molecule has 148 valence electrons. The zero-order valence-corrected chi connectivity index (χ0v) is 16.8. The van der Waals surface area contributed by atoms with Gasteiger partial charge >= 0.3 is 0 Å². The second-order valence-corrected chi connectivity index (χ2v) is 9.74. The molecule has 2 aliphatic rings. The van der Waals surface area contributed by atoms with Crippen molar-refractivity contribution in [2.45, 2.75) is 25.3 Å². The lowest BCUT2D eigenvalue weighted by molar-refractivity contribution is -0.152. The Hall–Kier alpha value is -2.00. The van der Waals surface area contributed by atoms with Gasteiger partial charge in [-0.15, -0.1) is 0 Å². The summed E-state index contributed by atoms with van der Waals surface area (Å²) < 4.78 is 26.0. The third kappa shape index (κ3) is 3.58. The Morgan fingerprint density at radius 3 is 2.74 bits per heavy atom. The minimum atomic E-state index is -3.36. The maximum Gasteiger partial charge on any atom is 0.231 e. The van der Waals surface area contributed by atoms with Gasteiger partial charge in [-0.3, -0.25) is 14.6 Å². The second-order valence-electron chi connectivity index (χ2n) is 7.60. The number of hydrogen-bond donors (Lipinski definition) is 0. The van der Waals surface area contributed by atoms with Gasteiger partial charge in [-0.2, -0.15) is 0 Å². The standard InChI is InChI=1S/C18H26N4O4S/c1-20(2)17(24)18-7-10-27(25,26)21(3)15(18)6-9-22(13-18)16(23)11-14-5-4-8-19-12-14/h4-5,8,12,15H,6-7,9-11,13H2,1-3H3/t15-,18+/m1/s1. The van der Waals surface area contributed by atoms with E-state index in [0.29, 0.717) is 13.0 Å². The summed E-state index contributed by atoms with van der Waals surface area (Å²) in [5.41, 5.74) is -0.0761. The molecule has 3 rings (SSSR count). The van der Waals surface area contributed by atoms with E-state index in [-0.39, 0.29) is 37.0 Å². The quantitative estimate of drug-likeness (QED) is 0.718. The molecule has 0 radical (unpaired) electrons. The Balaban J connectivity index is 1.87. The van der Waals surface area contributed by atoms with Crippen LogP contribution in [0, 0.1) is 5.41 Å². The number of aromatic nitrogens is 1. The zero-order valence-electron chi connectivity index (χ0n) is 16.0. The van der Waals surface area contributed by atoms with Gasteiger partial charge < -0.3 is 9.80 Å². The average molecular weight is 394 g/mol. The largest absolute Gasteiger partial charge is 0.348 e. The van der Waals surface area contributed by atoms with E-state index < -0.39 is 21.5 Å². The minimum absolute atomic E-state index is 0.0662. The van der Waals surface area contributed by atoms with Crippen molar-refractivity contribution in [2.24, 2.45) is 5.41 Å². The van der Waals surface area contributed by atoms with Crippen molar-refractivity contribution in [1.29, 1.82) is 0 Å². The Kier molecular flexibility index (Phi) is 5.27. The van der Waals surface area contributed by atoms with Crippen LogP contribution in [0.4, 0.5) is 0 Å². The van der Waals surface area contributed by atoms with E-state index in [4.69, 9.17) is 0 Å². The fourth-order valence-corrected chi connectivity index (χ4v) is 5.87. The van der Waals surface area contributed by atoms with Gasteiger partial charge in [0.15, 0.2) is 0 Å². The van der Waals surface area contributed by atoms with E-state index in [1.165, 1.54) is 9.21 Å². The minimum Gasteiger partial charge on any atom is -0.348 e. The van der Waals surface area contributed by atoms with E-state index in [2.05, 4.69) is 4.98 Å². The van der Waals surface area contributed by atoms with E-state index >= 15 is 0 Å². The van der Waals surface area contributed by atoms with Crippen molar-refractivity contribution >= 4 is 21.8 Å². The number of carbonyl (C=O) groups excluding carboxylic acids is 2. The van der Waals surface area contributed by atoms with Gasteiger partial charge in [0.05, 0.1) is 17.6 Å². The van der Waals surface area contributed by atoms with Crippen LogP contribution in [0.25, 0.3) is 0 Å². The molecule has 2 aliphatic heterocycles. The number of rotatable bonds is 3. The number of sulfonamides is 1. The van der Waals surface area contributed by atoms with Crippen molar-refractivity contribution in [3.05, 3.63) is 30.1 Å². The lowest BCUT2D eigenvalue weighted by Crippen LogP contribution is -2.67. The highest BCUT2D eigenvalue weighted by Gasteiger charge is 2.57. The molecule has 0 saturated carbocycles. The molecule has 27 heavy (non-hydrogen) atoms. The van der Waals surface area contributed by atoms with Gasteiger partial charge in [0, 0.05) is 52.7 Å². The van der Waals surface area contributed by atoms with E-state index in [1.807, 2.05) is 6.07 Å². The summed E-state index contributed by atoms with van der Waals surface area (Å²) >= 11 is 0. The highest BCUT2D eigenvalue weighted by Crippen LogP contribution is 2.43. The van der Waals surface area contributed by atoms with Crippen LogP contribution < -0.4 is 0 Å². The molecule has 0 aromatic carbocycles. The molecular weight excluding hydrogens is 368 g/mol. The van der Waals surface area contributed by atoms with Gasteiger partial charge in [-0.1, -0.05) is 6.07 Å². The predicted molar refractivity (Wildman–Crippen MR) is 100 cm³/mol. The molecule has 2 saturated heterocycles. The molecule has 0 aliphatic carbocycles. The van der Waals surface area contributed by atoms with E-state index in [1.54, 1.807) is 44.5 Å². The summed E-state index contributed by atoms with van der Waals surface area (Å²) in [6, 6.07) is 3.21. The first-order valence-corrected chi connectivity index (χ1v) is 10.6. The molecular formula is C18H26N4O4S. The first-order chi connectivity index (χ1) is 12.7. The molecule has 0 N–H and O–H groups in total. The molecule has 0 spiro atoms. The molecule has 3 heterocycles. The van der Waals surface area contributed by atoms with Crippen LogP contribution in [0.15, 0.2) is 24.5 Å². The highest BCUT2D eigenvalue weighted by atomic mass is 32.2. The monoisotopic (exact) mass is 394 g/mol. The van der Waals surface area contributed by atoms with Crippen molar-refractivity contribution in [1.82, 2.24) is 19.1 Å². The Bertz CT molecular complexity index is 827.